The van der Waals surface area contributed by atoms with Gasteiger partial charge in [-0.05, 0) is 43.7 Å². The van der Waals surface area contributed by atoms with E-state index in [-0.39, 0.29) is 11.8 Å². The van der Waals surface area contributed by atoms with Gasteiger partial charge in [0.15, 0.2) is 0 Å². The highest BCUT2D eigenvalue weighted by molar-refractivity contribution is 7.99. The largest absolute Gasteiger partial charge is 0.435 e. The topological polar surface area (TPSA) is 21.3 Å². The van der Waals surface area contributed by atoms with Crippen LogP contribution in [0.5, 0.6) is 5.75 Å². The Kier molecular flexibility index (Phi) is 6.30. The Hall–Kier alpha value is -0.810. The summed E-state index contributed by atoms with van der Waals surface area (Å²) in [7, 11) is 0. The normalized spacial score (nSPS) is 24.0. The number of benzene rings is 1. The fourth-order valence-corrected chi connectivity index (χ4v) is 3.87. The van der Waals surface area contributed by atoms with Gasteiger partial charge < -0.3 is 10.1 Å². The molecule has 1 aromatic rings. The molecule has 1 N–H and O–H groups in total. The van der Waals surface area contributed by atoms with Gasteiger partial charge in [0.2, 0.25) is 0 Å². The zero-order valence-corrected chi connectivity index (χ0v) is 13.3. The third-order valence-corrected chi connectivity index (χ3v) is 5.24. The van der Waals surface area contributed by atoms with E-state index in [9.17, 15) is 8.78 Å². The van der Waals surface area contributed by atoms with Crippen molar-refractivity contribution in [2.24, 2.45) is 0 Å². The lowest BCUT2D eigenvalue weighted by molar-refractivity contribution is -0.0498. The monoisotopic (exact) mass is 315 g/mol. The summed E-state index contributed by atoms with van der Waals surface area (Å²) in [6.45, 7) is -0.648. The molecule has 3 atom stereocenters. The summed E-state index contributed by atoms with van der Waals surface area (Å²) in [5.74, 6) is 0.209. The lowest BCUT2D eigenvalue weighted by Gasteiger charge is -2.33. The van der Waals surface area contributed by atoms with Crippen LogP contribution in [0.1, 0.15) is 44.2 Å². The summed E-state index contributed by atoms with van der Waals surface area (Å²) in [5, 5.41) is 4.36. The average Bonchev–Trinajstić information content (AvgIpc) is 2.48. The molecule has 1 aliphatic rings. The van der Waals surface area contributed by atoms with Crippen LogP contribution in [0.2, 0.25) is 0 Å². The van der Waals surface area contributed by atoms with Gasteiger partial charge in [0.1, 0.15) is 5.75 Å². The van der Waals surface area contributed by atoms with Crippen molar-refractivity contribution >= 4 is 11.8 Å². The van der Waals surface area contributed by atoms with Gasteiger partial charge in [0.05, 0.1) is 0 Å². The van der Waals surface area contributed by atoms with E-state index in [2.05, 4.69) is 23.2 Å². The van der Waals surface area contributed by atoms with E-state index in [1.165, 1.54) is 25.7 Å². The van der Waals surface area contributed by atoms with Crippen molar-refractivity contribution in [1.82, 2.24) is 5.32 Å². The molecule has 1 aliphatic carbocycles. The molecule has 5 heteroatoms. The van der Waals surface area contributed by atoms with Gasteiger partial charge in [0, 0.05) is 17.3 Å². The lowest BCUT2D eigenvalue weighted by Crippen LogP contribution is -2.41. The van der Waals surface area contributed by atoms with Crippen LogP contribution in [0.15, 0.2) is 24.3 Å². The van der Waals surface area contributed by atoms with Gasteiger partial charge in [-0.25, -0.2) is 0 Å². The van der Waals surface area contributed by atoms with Crippen LogP contribution in [0.3, 0.4) is 0 Å². The second-order valence-corrected chi connectivity index (χ2v) is 6.58. The van der Waals surface area contributed by atoms with Crippen molar-refractivity contribution in [2.45, 2.75) is 56.6 Å². The standard InChI is InChI=1S/C16H23F2NOS/c1-11(19-14-5-3-4-6-15(14)21-2)12-7-9-13(10-8-12)20-16(17)18/h7-11,14-16,19H,3-6H2,1-2H3. The molecule has 0 aromatic heterocycles. The van der Waals surface area contributed by atoms with Crippen LogP contribution in [0.25, 0.3) is 0 Å². The van der Waals surface area contributed by atoms with Gasteiger partial charge >= 0.3 is 6.61 Å². The molecule has 0 radical (unpaired) electrons. The van der Waals surface area contributed by atoms with E-state index >= 15 is 0 Å². The molecule has 2 nitrogen and oxygen atoms in total. The fraction of sp³-hybridized carbons (Fsp3) is 0.625. The van der Waals surface area contributed by atoms with Crippen LogP contribution in [0.4, 0.5) is 8.78 Å². The number of thioether (sulfide) groups is 1. The highest BCUT2D eigenvalue weighted by Crippen LogP contribution is 2.29. The molecule has 118 valence electrons. The maximum atomic E-state index is 12.1. The Bertz CT molecular complexity index is 427. The molecule has 1 fully saturated rings. The van der Waals surface area contributed by atoms with E-state index in [1.54, 1.807) is 12.1 Å². The van der Waals surface area contributed by atoms with Crippen molar-refractivity contribution in [3.05, 3.63) is 29.8 Å². The predicted molar refractivity (Wildman–Crippen MR) is 84.2 cm³/mol. The molecule has 2 rings (SSSR count). The first-order valence-corrected chi connectivity index (χ1v) is 8.72. The van der Waals surface area contributed by atoms with Gasteiger partial charge in [-0.1, -0.05) is 25.0 Å². The minimum absolute atomic E-state index is 0.209. The molecule has 0 spiro atoms. The third kappa shape index (κ3) is 4.85. The molecule has 21 heavy (non-hydrogen) atoms. The predicted octanol–water partition coefficient (Wildman–Crippen LogP) is 4.61. The number of nitrogens with one attached hydrogen (secondary N) is 1. The van der Waals surface area contributed by atoms with Crippen LogP contribution >= 0.6 is 11.8 Å². The number of ether oxygens (including phenoxy) is 1. The second-order valence-electron chi connectivity index (χ2n) is 5.50. The Morgan fingerprint density at radius 1 is 1.19 bits per heavy atom. The lowest BCUT2D eigenvalue weighted by atomic mass is 9.93. The average molecular weight is 315 g/mol. The number of halogens is 2. The molecule has 0 aliphatic heterocycles. The Labute approximate surface area is 129 Å². The second kappa shape index (κ2) is 7.99. The van der Waals surface area contributed by atoms with Crippen molar-refractivity contribution in [3.63, 3.8) is 0 Å². The van der Waals surface area contributed by atoms with Crippen LogP contribution in [-0.2, 0) is 0 Å². The number of hydrogen-bond acceptors (Lipinski definition) is 3. The number of hydrogen-bond donors (Lipinski definition) is 1. The van der Waals surface area contributed by atoms with Crippen molar-refractivity contribution in [1.29, 1.82) is 0 Å². The minimum Gasteiger partial charge on any atom is -0.435 e. The van der Waals surface area contributed by atoms with Gasteiger partial charge in [-0.2, -0.15) is 20.5 Å². The molecular weight excluding hydrogens is 292 g/mol. The summed E-state index contributed by atoms with van der Waals surface area (Å²) in [4.78, 5) is 0. The zero-order valence-electron chi connectivity index (χ0n) is 12.5. The highest BCUT2D eigenvalue weighted by atomic mass is 32.2. The quantitative estimate of drug-likeness (QED) is 0.828. The van der Waals surface area contributed by atoms with Crippen LogP contribution in [-0.4, -0.2) is 24.2 Å². The molecular formula is C16H23F2NOS. The van der Waals surface area contributed by atoms with Crippen LogP contribution < -0.4 is 10.1 Å². The third-order valence-electron chi connectivity index (χ3n) is 4.07. The fourth-order valence-electron chi connectivity index (χ4n) is 2.92. The van der Waals surface area contributed by atoms with Crippen molar-refractivity contribution < 1.29 is 13.5 Å². The zero-order chi connectivity index (χ0) is 15.2. The number of rotatable bonds is 6. The van der Waals surface area contributed by atoms with E-state index in [0.717, 1.165) is 5.56 Å². The molecule has 0 heterocycles. The van der Waals surface area contributed by atoms with Gasteiger partial charge in [-0.15, -0.1) is 0 Å². The number of alkyl halides is 2. The van der Waals surface area contributed by atoms with E-state index < -0.39 is 6.61 Å². The van der Waals surface area contributed by atoms with Crippen LogP contribution in [0, 0.1) is 0 Å². The summed E-state index contributed by atoms with van der Waals surface area (Å²) >= 11 is 1.93. The van der Waals surface area contributed by atoms with Gasteiger partial charge in [-0.3, -0.25) is 0 Å². The van der Waals surface area contributed by atoms with Crippen molar-refractivity contribution in [3.8, 4) is 5.75 Å². The maximum absolute atomic E-state index is 12.1. The first-order valence-electron chi connectivity index (χ1n) is 7.43. The minimum atomic E-state index is -2.77. The smallest absolute Gasteiger partial charge is 0.387 e. The van der Waals surface area contributed by atoms with E-state index in [4.69, 9.17) is 0 Å². The molecule has 0 saturated heterocycles. The maximum Gasteiger partial charge on any atom is 0.387 e. The molecule has 3 unspecified atom stereocenters. The molecule has 0 amide bonds. The highest BCUT2D eigenvalue weighted by Gasteiger charge is 2.25. The van der Waals surface area contributed by atoms with Crippen molar-refractivity contribution in [2.75, 3.05) is 6.26 Å². The Morgan fingerprint density at radius 2 is 1.86 bits per heavy atom. The first kappa shape index (κ1) is 16.6. The Morgan fingerprint density at radius 3 is 2.48 bits per heavy atom. The Balaban J connectivity index is 1.94. The molecule has 1 aromatic carbocycles. The molecule has 1 saturated carbocycles. The molecule has 0 bridgehead atoms. The summed E-state index contributed by atoms with van der Waals surface area (Å²) < 4.78 is 28.6. The summed E-state index contributed by atoms with van der Waals surface area (Å²) in [5.41, 5.74) is 1.10. The van der Waals surface area contributed by atoms with Gasteiger partial charge in [0.25, 0.3) is 0 Å². The van der Waals surface area contributed by atoms with E-state index in [1.807, 2.05) is 23.9 Å². The summed E-state index contributed by atoms with van der Waals surface area (Å²) in [6.07, 6.45) is 7.25. The summed E-state index contributed by atoms with van der Waals surface area (Å²) in [6, 6.07) is 7.65. The SMILES string of the molecule is CSC1CCCCC1NC(C)c1ccc(OC(F)F)cc1. The first-order chi connectivity index (χ1) is 10.1. The van der Waals surface area contributed by atoms with E-state index in [0.29, 0.717) is 11.3 Å².